The molecule has 1 aliphatic heterocycles. The molecule has 30 heavy (non-hydrogen) atoms. The minimum absolute atomic E-state index is 0.0446. The second-order valence-corrected chi connectivity index (χ2v) is 8.63. The van der Waals surface area contributed by atoms with Gasteiger partial charge in [0.2, 0.25) is 0 Å². The van der Waals surface area contributed by atoms with Gasteiger partial charge in [0.25, 0.3) is 0 Å². The van der Waals surface area contributed by atoms with Gasteiger partial charge in [-0.25, -0.2) is 0 Å². The third kappa shape index (κ3) is 3.72. The van der Waals surface area contributed by atoms with Crippen molar-refractivity contribution in [1.29, 1.82) is 0 Å². The van der Waals surface area contributed by atoms with E-state index >= 15 is 0 Å². The van der Waals surface area contributed by atoms with Gasteiger partial charge in [0.1, 0.15) is 0 Å². The Morgan fingerprint density at radius 3 is 2.67 bits per heavy atom. The van der Waals surface area contributed by atoms with Crippen LogP contribution < -0.4 is 5.32 Å². The Morgan fingerprint density at radius 2 is 1.90 bits per heavy atom. The van der Waals surface area contributed by atoms with Crippen LogP contribution in [0.1, 0.15) is 61.1 Å². The zero-order valence-corrected chi connectivity index (χ0v) is 17.8. The largest absolute Gasteiger partial charge is 0.352 e. The fourth-order valence-electron chi connectivity index (χ4n) is 4.96. The van der Waals surface area contributed by atoms with E-state index in [0.717, 1.165) is 17.4 Å². The molecule has 1 aliphatic carbocycles. The average Bonchev–Trinajstić information content (AvgIpc) is 3.39. The molecular weight excluding hydrogens is 390 g/mol. The van der Waals surface area contributed by atoms with Crippen molar-refractivity contribution in [3.8, 4) is 0 Å². The maximum atomic E-state index is 5.89. The van der Waals surface area contributed by atoms with Crippen LogP contribution in [0.2, 0.25) is 0 Å². The molecule has 0 aromatic carbocycles. The Bertz CT molecular complexity index is 981. The van der Waals surface area contributed by atoms with Gasteiger partial charge in [-0.2, -0.15) is 0 Å². The first-order chi connectivity index (χ1) is 14.8. The van der Waals surface area contributed by atoms with Crippen molar-refractivity contribution in [1.82, 2.24) is 24.8 Å². The number of aromatic nitrogens is 3. The summed E-state index contributed by atoms with van der Waals surface area (Å²) in [5.41, 5.74) is 3.51. The van der Waals surface area contributed by atoms with Crippen molar-refractivity contribution in [3.63, 3.8) is 0 Å². The SMILES string of the molecule is S=C1N[C@H](c2ccccn2)[C@@H](c2cccn2Cc2cccnc2)N1C1CCCCC1. The van der Waals surface area contributed by atoms with Gasteiger partial charge in [0.15, 0.2) is 5.11 Å². The highest BCUT2D eigenvalue weighted by atomic mass is 32.1. The molecule has 0 bridgehead atoms. The van der Waals surface area contributed by atoms with Gasteiger partial charge in [-0.3, -0.25) is 9.97 Å². The van der Waals surface area contributed by atoms with Crippen LogP contribution in [0.4, 0.5) is 0 Å². The maximum Gasteiger partial charge on any atom is 0.170 e. The minimum Gasteiger partial charge on any atom is -0.352 e. The molecule has 1 saturated heterocycles. The van der Waals surface area contributed by atoms with E-state index in [4.69, 9.17) is 12.2 Å². The van der Waals surface area contributed by atoms with E-state index < -0.39 is 0 Å². The van der Waals surface area contributed by atoms with Crippen molar-refractivity contribution in [2.45, 2.75) is 56.8 Å². The van der Waals surface area contributed by atoms with E-state index in [1.807, 2.05) is 30.7 Å². The van der Waals surface area contributed by atoms with Crippen LogP contribution in [0.3, 0.4) is 0 Å². The Balaban J connectivity index is 1.54. The summed E-state index contributed by atoms with van der Waals surface area (Å²) >= 11 is 5.89. The van der Waals surface area contributed by atoms with Crippen molar-refractivity contribution in [3.05, 3.63) is 84.2 Å². The molecule has 0 spiro atoms. The van der Waals surface area contributed by atoms with Crippen LogP contribution >= 0.6 is 12.2 Å². The third-order valence-electron chi connectivity index (χ3n) is 6.35. The molecule has 2 aliphatic rings. The molecule has 0 amide bonds. The molecular formula is C24H27N5S. The number of hydrogen-bond donors (Lipinski definition) is 1. The molecule has 2 atom stereocenters. The normalized spacial score (nSPS) is 22.3. The van der Waals surface area contributed by atoms with E-state index in [1.165, 1.54) is 43.4 Å². The number of nitrogens with zero attached hydrogens (tertiary/aromatic N) is 4. The first-order valence-electron chi connectivity index (χ1n) is 10.8. The first kappa shape index (κ1) is 19.2. The molecule has 0 radical (unpaired) electrons. The van der Waals surface area contributed by atoms with Gasteiger partial charge < -0.3 is 14.8 Å². The number of pyridine rings is 2. The number of thiocarbonyl (C=S) groups is 1. The molecule has 2 fully saturated rings. The minimum atomic E-state index is 0.0446. The van der Waals surface area contributed by atoms with E-state index in [0.29, 0.717) is 6.04 Å². The monoisotopic (exact) mass is 417 g/mol. The number of hydrogen-bond acceptors (Lipinski definition) is 3. The van der Waals surface area contributed by atoms with E-state index in [2.05, 4.69) is 61.3 Å². The number of nitrogens with one attached hydrogen (secondary N) is 1. The van der Waals surface area contributed by atoms with Crippen LogP contribution in [-0.4, -0.2) is 30.6 Å². The Hall–Kier alpha value is -2.73. The fraction of sp³-hybridized carbons (Fsp3) is 0.375. The summed E-state index contributed by atoms with van der Waals surface area (Å²) in [6.45, 7) is 0.798. The molecule has 5 nitrogen and oxygen atoms in total. The van der Waals surface area contributed by atoms with Crippen LogP contribution in [0.5, 0.6) is 0 Å². The summed E-state index contributed by atoms with van der Waals surface area (Å²) in [4.78, 5) is 11.4. The van der Waals surface area contributed by atoms with E-state index in [-0.39, 0.29) is 12.1 Å². The van der Waals surface area contributed by atoms with Crippen LogP contribution in [0.15, 0.2) is 67.3 Å². The first-order valence-corrected chi connectivity index (χ1v) is 11.3. The van der Waals surface area contributed by atoms with Crippen LogP contribution in [0, 0.1) is 0 Å². The molecule has 5 rings (SSSR count). The lowest BCUT2D eigenvalue weighted by molar-refractivity contribution is 0.191. The molecule has 1 saturated carbocycles. The summed E-state index contributed by atoms with van der Waals surface area (Å²) in [5, 5.41) is 4.47. The lowest BCUT2D eigenvalue weighted by atomic mass is 9.92. The highest BCUT2D eigenvalue weighted by Gasteiger charge is 2.44. The zero-order valence-electron chi connectivity index (χ0n) is 17.0. The standard InChI is InChI=1S/C24H27N5S/c30-24-27-22(20-11-4-5-14-26-20)23(29(24)19-9-2-1-3-10-19)21-12-7-15-28(21)17-18-8-6-13-25-16-18/h4-8,11-16,19,22-23H,1-3,9-10,17H2,(H,27,30)/t22-,23-/m1/s1. The molecule has 154 valence electrons. The average molecular weight is 418 g/mol. The topological polar surface area (TPSA) is 46.0 Å². The fourth-order valence-corrected chi connectivity index (χ4v) is 5.35. The Labute approximate surface area is 183 Å². The lowest BCUT2D eigenvalue weighted by Gasteiger charge is -2.37. The molecule has 0 unspecified atom stereocenters. The molecule has 3 aromatic rings. The van der Waals surface area contributed by atoms with Gasteiger partial charge in [-0.05, 0) is 61.0 Å². The molecule has 6 heteroatoms. The van der Waals surface area contributed by atoms with Gasteiger partial charge in [0, 0.05) is 43.1 Å². The van der Waals surface area contributed by atoms with Crippen molar-refractivity contribution in [2.24, 2.45) is 0 Å². The highest BCUT2D eigenvalue weighted by molar-refractivity contribution is 7.80. The quantitative estimate of drug-likeness (QED) is 0.613. The maximum absolute atomic E-state index is 5.89. The van der Waals surface area contributed by atoms with Crippen molar-refractivity contribution < 1.29 is 0 Å². The van der Waals surface area contributed by atoms with Gasteiger partial charge in [-0.15, -0.1) is 0 Å². The Kier molecular flexibility index (Phi) is 5.49. The van der Waals surface area contributed by atoms with E-state index in [9.17, 15) is 0 Å². The summed E-state index contributed by atoms with van der Waals surface area (Å²) in [7, 11) is 0. The molecule has 3 aromatic heterocycles. The molecule has 4 heterocycles. The highest BCUT2D eigenvalue weighted by Crippen LogP contribution is 2.42. The van der Waals surface area contributed by atoms with Crippen LogP contribution in [-0.2, 0) is 6.54 Å². The number of rotatable bonds is 5. The van der Waals surface area contributed by atoms with Crippen LogP contribution in [0.25, 0.3) is 0 Å². The lowest BCUT2D eigenvalue weighted by Crippen LogP contribution is -2.40. The predicted molar refractivity (Wildman–Crippen MR) is 122 cm³/mol. The summed E-state index contributed by atoms with van der Waals surface area (Å²) in [6, 6.07) is 15.3. The summed E-state index contributed by atoms with van der Waals surface area (Å²) < 4.78 is 2.34. The third-order valence-corrected chi connectivity index (χ3v) is 6.68. The van der Waals surface area contributed by atoms with E-state index in [1.54, 1.807) is 0 Å². The van der Waals surface area contributed by atoms with Crippen molar-refractivity contribution >= 4 is 17.3 Å². The van der Waals surface area contributed by atoms with Gasteiger partial charge in [-0.1, -0.05) is 31.4 Å². The molecule has 1 N–H and O–H groups in total. The zero-order chi connectivity index (χ0) is 20.3. The second kappa shape index (κ2) is 8.56. The van der Waals surface area contributed by atoms with Crippen molar-refractivity contribution in [2.75, 3.05) is 0 Å². The smallest absolute Gasteiger partial charge is 0.170 e. The summed E-state index contributed by atoms with van der Waals surface area (Å²) in [6.07, 6.45) is 14.1. The van der Waals surface area contributed by atoms with Gasteiger partial charge in [0.05, 0.1) is 17.8 Å². The Morgan fingerprint density at radius 1 is 1.00 bits per heavy atom. The summed E-state index contributed by atoms with van der Waals surface area (Å²) in [5.74, 6) is 0. The predicted octanol–water partition coefficient (Wildman–Crippen LogP) is 4.63. The second-order valence-electron chi connectivity index (χ2n) is 8.25. The van der Waals surface area contributed by atoms with Gasteiger partial charge >= 0.3 is 0 Å².